The summed E-state index contributed by atoms with van der Waals surface area (Å²) in [5.41, 5.74) is 1.73. The SMILES string of the molecule is O=C(C/C=C/c1ccccc1)c1ccc2c(c1)OCO2. The van der Waals surface area contributed by atoms with Crippen molar-refractivity contribution in [2.75, 3.05) is 6.79 Å². The van der Waals surface area contributed by atoms with Gasteiger partial charge in [0.1, 0.15) is 0 Å². The van der Waals surface area contributed by atoms with Crippen LogP contribution in [0.2, 0.25) is 0 Å². The zero-order chi connectivity index (χ0) is 13.8. The molecule has 1 aliphatic rings. The first-order valence-corrected chi connectivity index (χ1v) is 6.47. The van der Waals surface area contributed by atoms with E-state index in [0.717, 1.165) is 5.56 Å². The fourth-order valence-electron chi connectivity index (χ4n) is 2.05. The molecule has 1 aliphatic heterocycles. The van der Waals surface area contributed by atoms with Crippen LogP contribution in [0.1, 0.15) is 22.3 Å². The molecule has 3 rings (SSSR count). The van der Waals surface area contributed by atoms with Crippen molar-refractivity contribution >= 4 is 11.9 Å². The van der Waals surface area contributed by atoms with Gasteiger partial charge in [-0.25, -0.2) is 0 Å². The number of benzene rings is 2. The van der Waals surface area contributed by atoms with Gasteiger partial charge in [-0.15, -0.1) is 0 Å². The largest absolute Gasteiger partial charge is 0.454 e. The van der Waals surface area contributed by atoms with Crippen molar-refractivity contribution in [2.45, 2.75) is 6.42 Å². The van der Waals surface area contributed by atoms with Crippen LogP contribution in [0.25, 0.3) is 6.08 Å². The molecule has 0 spiro atoms. The van der Waals surface area contributed by atoms with Gasteiger partial charge in [0, 0.05) is 12.0 Å². The van der Waals surface area contributed by atoms with Gasteiger partial charge in [0.15, 0.2) is 17.3 Å². The highest BCUT2D eigenvalue weighted by Crippen LogP contribution is 2.32. The third kappa shape index (κ3) is 2.72. The number of ether oxygens (including phenoxy) is 2. The Morgan fingerprint density at radius 1 is 1.05 bits per heavy atom. The first-order chi connectivity index (χ1) is 9.83. The summed E-state index contributed by atoms with van der Waals surface area (Å²) in [7, 11) is 0. The van der Waals surface area contributed by atoms with Gasteiger partial charge in [0.2, 0.25) is 6.79 Å². The number of hydrogen-bond donors (Lipinski definition) is 0. The quantitative estimate of drug-likeness (QED) is 0.791. The highest BCUT2D eigenvalue weighted by atomic mass is 16.7. The number of hydrogen-bond acceptors (Lipinski definition) is 3. The highest BCUT2D eigenvalue weighted by Gasteiger charge is 2.15. The van der Waals surface area contributed by atoms with Crippen molar-refractivity contribution in [1.82, 2.24) is 0 Å². The normalized spacial score (nSPS) is 12.8. The number of rotatable bonds is 4. The summed E-state index contributed by atoms with van der Waals surface area (Å²) in [6, 6.07) is 15.2. The number of allylic oxidation sites excluding steroid dienone is 1. The molecule has 20 heavy (non-hydrogen) atoms. The van der Waals surface area contributed by atoms with Gasteiger partial charge in [-0.2, -0.15) is 0 Å². The van der Waals surface area contributed by atoms with E-state index in [4.69, 9.17) is 9.47 Å². The third-order valence-electron chi connectivity index (χ3n) is 3.11. The van der Waals surface area contributed by atoms with Crippen LogP contribution in [0.15, 0.2) is 54.6 Å². The van der Waals surface area contributed by atoms with E-state index in [-0.39, 0.29) is 12.6 Å². The number of fused-ring (bicyclic) bond motifs is 1. The maximum Gasteiger partial charge on any atom is 0.231 e. The Kier molecular flexibility index (Phi) is 3.50. The van der Waals surface area contributed by atoms with E-state index in [9.17, 15) is 4.79 Å². The number of carbonyl (C=O) groups is 1. The number of carbonyl (C=O) groups excluding carboxylic acids is 1. The Balaban J connectivity index is 1.66. The molecule has 0 atom stereocenters. The van der Waals surface area contributed by atoms with Gasteiger partial charge in [0.25, 0.3) is 0 Å². The van der Waals surface area contributed by atoms with Crippen molar-refractivity contribution in [3.05, 3.63) is 65.7 Å². The first kappa shape index (κ1) is 12.5. The zero-order valence-electron chi connectivity index (χ0n) is 10.9. The van der Waals surface area contributed by atoms with Gasteiger partial charge in [-0.05, 0) is 23.8 Å². The molecule has 0 amide bonds. The predicted molar refractivity (Wildman–Crippen MR) is 77.0 cm³/mol. The second-order valence-corrected chi connectivity index (χ2v) is 4.51. The third-order valence-corrected chi connectivity index (χ3v) is 3.11. The second-order valence-electron chi connectivity index (χ2n) is 4.51. The molecular formula is C17H14O3. The molecule has 2 aromatic rings. The molecule has 100 valence electrons. The van der Waals surface area contributed by atoms with Gasteiger partial charge < -0.3 is 9.47 Å². The molecule has 0 saturated heterocycles. The summed E-state index contributed by atoms with van der Waals surface area (Å²) in [6.07, 6.45) is 4.20. The fraction of sp³-hybridized carbons (Fsp3) is 0.118. The summed E-state index contributed by atoms with van der Waals surface area (Å²) in [4.78, 5) is 12.1. The van der Waals surface area contributed by atoms with E-state index in [1.54, 1.807) is 18.2 Å². The molecule has 0 aliphatic carbocycles. The molecule has 0 fully saturated rings. The minimum atomic E-state index is 0.0653. The number of Topliss-reactive ketones (excluding diaryl/α,β-unsaturated/α-hetero) is 1. The summed E-state index contributed by atoms with van der Waals surface area (Å²) in [5.74, 6) is 1.40. The van der Waals surface area contributed by atoms with Gasteiger partial charge in [-0.3, -0.25) is 4.79 Å². The lowest BCUT2D eigenvalue weighted by Gasteiger charge is -2.00. The summed E-state index contributed by atoms with van der Waals surface area (Å²) in [5, 5.41) is 0. The van der Waals surface area contributed by atoms with E-state index in [1.807, 2.05) is 42.5 Å². The van der Waals surface area contributed by atoms with Crippen LogP contribution in [-0.2, 0) is 0 Å². The van der Waals surface area contributed by atoms with Crippen molar-refractivity contribution in [3.63, 3.8) is 0 Å². The molecule has 1 heterocycles. The maximum absolute atomic E-state index is 12.1. The van der Waals surface area contributed by atoms with Gasteiger partial charge in [-0.1, -0.05) is 42.5 Å². The van der Waals surface area contributed by atoms with Crippen LogP contribution < -0.4 is 9.47 Å². The Labute approximate surface area is 117 Å². The smallest absolute Gasteiger partial charge is 0.231 e. The predicted octanol–water partition coefficient (Wildman–Crippen LogP) is 3.70. The van der Waals surface area contributed by atoms with Crippen LogP contribution in [0.5, 0.6) is 11.5 Å². The lowest BCUT2D eigenvalue weighted by Crippen LogP contribution is -1.96. The first-order valence-electron chi connectivity index (χ1n) is 6.47. The van der Waals surface area contributed by atoms with Crippen LogP contribution in [0.4, 0.5) is 0 Å². The van der Waals surface area contributed by atoms with Crippen LogP contribution in [0.3, 0.4) is 0 Å². The average molecular weight is 266 g/mol. The van der Waals surface area contributed by atoms with Gasteiger partial charge >= 0.3 is 0 Å². The van der Waals surface area contributed by atoms with E-state index in [1.165, 1.54) is 0 Å². The minimum Gasteiger partial charge on any atom is -0.454 e. The lowest BCUT2D eigenvalue weighted by atomic mass is 10.1. The summed E-state index contributed by atoms with van der Waals surface area (Å²) in [6.45, 7) is 0.223. The van der Waals surface area contributed by atoms with E-state index >= 15 is 0 Å². The zero-order valence-corrected chi connectivity index (χ0v) is 10.9. The molecule has 0 aromatic heterocycles. The molecule has 2 aromatic carbocycles. The second kappa shape index (κ2) is 5.61. The van der Waals surface area contributed by atoms with Crippen LogP contribution in [-0.4, -0.2) is 12.6 Å². The fourth-order valence-corrected chi connectivity index (χ4v) is 2.05. The standard InChI is InChI=1S/C17H14O3/c18-15(8-4-7-13-5-2-1-3-6-13)14-9-10-16-17(11-14)20-12-19-16/h1-7,9-11H,8,12H2/b7-4+. The van der Waals surface area contributed by atoms with Gasteiger partial charge in [0.05, 0.1) is 0 Å². The Morgan fingerprint density at radius 2 is 1.85 bits per heavy atom. The van der Waals surface area contributed by atoms with E-state index in [0.29, 0.717) is 23.5 Å². The van der Waals surface area contributed by atoms with Crippen LogP contribution in [0, 0.1) is 0 Å². The highest BCUT2D eigenvalue weighted by molar-refractivity contribution is 5.98. The Morgan fingerprint density at radius 3 is 2.70 bits per heavy atom. The van der Waals surface area contributed by atoms with Crippen molar-refractivity contribution in [3.8, 4) is 11.5 Å². The molecule has 0 radical (unpaired) electrons. The number of ketones is 1. The van der Waals surface area contributed by atoms with E-state index in [2.05, 4.69) is 0 Å². The molecule has 0 unspecified atom stereocenters. The van der Waals surface area contributed by atoms with Crippen molar-refractivity contribution in [2.24, 2.45) is 0 Å². The molecular weight excluding hydrogens is 252 g/mol. The van der Waals surface area contributed by atoms with E-state index < -0.39 is 0 Å². The van der Waals surface area contributed by atoms with Crippen molar-refractivity contribution < 1.29 is 14.3 Å². The maximum atomic E-state index is 12.1. The Hall–Kier alpha value is -2.55. The monoisotopic (exact) mass is 266 g/mol. The topological polar surface area (TPSA) is 35.5 Å². The summed E-state index contributed by atoms with van der Waals surface area (Å²) < 4.78 is 10.5. The molecule has 0 saturated carbocycles. The molecule has 3 heteroatoms. The minimum absolute atomic E-state index is 0.0653. The van der Waals surface area contributed by atoms with Crippen molar-refractivity contribution in [1.29, 1.82) is 0 Å². The Bertz CT molecular complexity index is 645. The average Bonchev–Trinajstić information content (AvgIpc) is 2.95. The molecule has 3 nitrogen and oxygen atoms in total. The summed E-state index contributed by atoms with van der Waals surface area (Å²) >= 11 is 0. The van der Waals surface area contributed by atoms with Crippen LogP contribution >= 0.6 is 0 Å². The lowest BCUT2D eigenvalue weighted by molar-refractivity contribution is 0.0995. The molecule has 0 bridgehead atoms. The molecule has 0 N–H and O–H groups in total.